The summed E-state index contributed by atoms with van der Waals surface area (Å²) in [5.74, 6) is -2.14. The van der Waals surface area contributed by atoms with E-state index in [1.165, 1.54) is 32.1 Å². The number of hydrogen-bond donors (Lipinski definition) is 2. The van der Waals surface area contributed by atoms with Gasteiger partial charge in [0.15, 0.2) is 0 Å². The lowest BCUT2D eigenvalue weighted by Gasteiger charge is -2.24. The van der Waals surface area contributed by atoms with Gasteiger partial charge in [-0.3, -0.25) is 0 Å². The molecular formula is C20H34O4. The summed E-state index contributed by atoms with van der Waals surface area (Å²) in [4.78, 5) is 23.3. The van der Waals surface area contributed by atoms with E-state index in [1.54, 1.807) is 0 Å². The average Bonchev–Trinajstić information content (AvgIpc) is 2.56. The van der Waals surface area contributed by atoms with E-state index in [0.717, 1.165) is 51.4 Å². The van der Waals surface area contributed by atoms with Gasteiger partial charge in [-0.15, -0.1) is 0 Å². The van der Waals surface area contributed by atoms with Gasteiger partial charge in [-0.25, -0.2) is 9.59 Å². The van der Waals surface area contributed by atoms with Crippen molar-refractivity contribution in [2.45, 2.75) is 96.8 Å². The molecule has 0 atom stereocenters. The maximum absolute atomic E-state index is 11.7. The predicted octanol–water partition coefficient (Wildman–Crippen LogP) is 5.56. The maximum atomic E-state index is 11.7. The van der Waals surface area contributed by atoms with Crippen LogP contribution in [0, 0.1) is 5.92 Å². The molecule has 0 saturated heterocycles. The summed E-state index contributed by atoms with van der Waals surface area (Å²) >= 11 is 0. The predicted molar refractivity (Wildman–Crippen MR) is 96.1 cm³/mol. The van der Waals surface area contributed by atoms with E-state index in [9.17, 15) is 19.8 Å². The number of unbranched alkanes of at least 4 members (excludes halogenated alkanes) is 7. The molecule has 0 spiro atoms. The molecule has 1 aliphatic rings. The molecule has 24 heavy (non-hydrogen) atoms. The van der Waals surface area contributed by atoms with E-state index < -0.39 is 11.9 Å². The Kier molecular flexibility index (Phi) is 10.4. The Balaban J connectivity index is 2.53. The zero-order valence-corrected chi connectivity index (χ0v) is 15.2. The number of carbonyl (C=O) groups is 2. The third-order valence-corrected chi connectivity index (χ3v) is 5.11. The molecule has 0 unspecified atom stereocenters. The fraction of sp³-hybridized carbons (Fsp3) is 0.800. The highest BCUT2D eigenvalue weighted by molar-refractivity contribution is 5.99. The van der Waals surface area contributed by atoms with Gasteiger partial charge in [-0.1, -0.05) is 71.1 Å². The summed E-state index contributed by atoms with van der Waals surface area (Å²) in [5, 5.41) is 19.0. The summed E-state index contributed by atoms with van der Waals surface area (Å²) in [6, 6.07) is 0. The Bertz CT molecular complexity index is 419. The fourth-order valence-electron chi connectivity index (χ4n) is 3.73. The standard InChI is InChI=1S/C20H34O4/c1-2-3-4-5-6-7-8-12-15-17(19(21)22)18(20(23)24)16-13-10-9-11-14-16/h16H,2-15H2,1H3,(H,21,22)(H,23,24). The van der Waals surface area contributed by atoms with Gasteiger partial charge in [0.05, 0.1) is 5.57 Å². The Morgan fingerprint density at radius 2 is 1.33 bits per heavy atom. The minimum absolute atomic E-state index is 0.0728. The zero-order chi connectivity index (χ0) is 17.8. The fourth-order valence-corrected chi connectivity index (χ4v) is 3.73. The van der Waals surface area contributed by atoms with Crippen LogP contribution in [-0.4, -0.2) is 22.2 Å². The van der Waals surface area contributed by atoms with Crippen molar-refractivity contribution in [1.82, 2.24) is 0 Å². The molecule has 1 saturated carbocycles. The van der Waals surface area contributed by atoms with Crippen LogP contribution in [0.25, 0.3) is 0 Å². The maximum Gasteiger partial charge on any atom is 0.332 e. The lowest BCUT2D eigenvalue weighted by molar-refractivity contribution is -0.136. The molecule has 4 heteroatoms. The monoisotopic (exact) mass is 338 g/mol. The van der Waals surface area contributed by atoms with Gasteiger partial charge in [-0.2, -0.15) is 0 Å². The molecule has 1 aliphatic carbocycles. The van der Waals surface area contributed by atoms with Crippen molar-refractivity contribution in [3.8, 4) is 0 Å². The van der Waals surface area contributed by atoms with Crippen LogP contribution in [-0.2, 0) is 9.59 Å². The lowest BCUT2D eigenvalue weighted by atomic mass is 9.81. The van der Waals surface area contributed by atoms with Crippen LogP contribution >= 0.6 is 0 Å². The molecule has 1 rings (SSSR count). The van der Waals surface area contributed by atoms with E-state index in [-0.39, 0.29) is 17.1 Å². The van der Waals surface area contributed by atoms with Crippen molar-refractivity contribution in [2.75, 3.05) is 0 Å². The number of hydrogen-bond acceptors (Lipinski definition) is 2. The van der Waals surface area contributed by atoms with Gasteiger partial charge < -0.3 is 10.2 Å². The van der Waals surface area contributed by atoms with Crippen LogP contribution in [0.1, 0.15) is 96.8 Å². The Morgan fingerprint density at radius 3 is 1.83 bits per heavy atom. The van der Waals surface area contributed by atoms with E-state index >= 15 is 0 Å². The van der Waals surface area contributed by atoms with Crippen molar-refractivity contribution in [3.05, 3.63) is 11.1 Å². The quantitative estimate of drug-likeness (QED) is 0.361. The van der Waals surface area contributed by atoms with Crippen LogP contribution in [0.15, 0.2) is 11.1 Å². The molecule has 0 amide bonds. The first-order chi connectivity index (χ1) is 11.6. The van der Waals surface area contributed by atoms with Crippen LogP contribution in [0.2, 0.25) is 0 Å². The van der Waals surface area contributed by atoms with Crippen molar-refractivity contribution in [2.24, 2.45) is 5.92 Å². The summed E-state index contributed by atoms with van der Waals surface area (Å²) in [6.07, 6.45) is 14.3. The third-order valence-electron chi connectivity index (χ3n) is 5.11. The minimum atomic E-state index is -1.04. The second kappa shape index (κ2) is 12.1. The molecule has 0 aromatic carbocycles. The first-order valence-corrected chi connectivity index (χ1v) is 9.77. The molecule has 2 N–H and O–H groups in total. The Morgan fingerprint density at radius 1 is 0.792 bits per heavy atom. The first-order valence-electron chi connectivity index (χ1n) is 9.77. The van der Waals surface area contributed by atoms with Crippen LogP contribution in [0.4, 0.5) is 0 Å². The number of carboxylic acids is 2. The van der Waals surface area contributed by atoms with Crippen LogP contribution in [0.5, 0.6) is 0 Å². The van der Waals surface area contributed by atoms with Crippen molar-refractivity contribution < 1.29 is 19.8 Å². The summed E-state index contributed by atoms with van der Waals surface area (Å²) in [6.45, 7) is 2.20. The molecule has 0 aliphatic heterocycles. The molecule has 1 fully saturated rings. The molecule has 138 valence electrons. The van der Waals surface area contributed by atoms with Gasteiger partial charge in [-0.05, 0) is 31.6 Å². The first kappa shape index (κ1) is 20.7. The van der Waals surface area contributed by atoms with Crippen molar-refractivity contribution in [1.29, 1.82) is 0 Å². The van der Waals surface area contributed by atoms with Crippen molar-refractivity contribution in [3.63, 3.8) is 0 Å². The van der Waals surface area contributed by atoms with Crippen LogP contribution in [0.3, 0.4) is 0 Å². The summed E-state index contributed by atoms with van der Waals surface area (Å²) in [5.41, 5.74) is 0.338. The molecule has 0 bridgehead atoms. The highest BCUT2D eigenvalue weighted by atomic mass is 16.4. The van der Waals surface area contributed by atoms with Gasteiger partial charge in [0.1, 0.15) is 0 Å². The highest BCUT2D eigenvalue weighted by Gasteiger charge is 2.28. The molecule has 4 nitrogen and oxygen atoms in total. The topological polar surface area (TPSA) is 74.6 Å². The van der Waals surface area contributed by atoms with E-state index in [4.69, 9.17) is 0 Å². The van der Waals surface area contributed by atoms with Gasteiger partial charge >= 0.3 is 11.9 Å². The number of carboxylic acid groups (broad SMARTS) is 2. The van der Waals surface area contributed by atoms with Gasteiger partial charge in [0.2, 0.25) is 0 Å². The largest absolute Gasteiger partial charge is 0.478 e. The minimum Gasteiger partial charge on any atom is -0.478 e. The normalized spacial score (nSPS) is 16.7. The highest BCUT2D eigenvalue weighted by Crippen LogP contribution is 2.33. The summed E-state index contributed by atoms with van der Waals surface area (Å²) < 4.78 is 0. The smallest absolute Gasteiger partial charge is 0.332 e. The second-order valence-corrected chi connectivity index (χ2v) is 7.06. The Hall–Kier alpha value is -1.32. The average molecular weight is 338 g/mol. The van der Waals surface area contributed by atoms with Crippen LogP contribution < -0.4 is 0 Å². The molecule has 0 aromatic rings. The van der Waals surface area contributed by atoms with E-state index in [0.29, 0.717) is 6.42 Å². The van der Waals surface area contributed by atoms with Gasteiger partial charge in [0.25, 0.3) is 0 Å². The molecule has 0 heterocycles. The molecule has 0 aromatic heterocycles. The Labute approximate surface area is 146 Å². The molecular weight excluding hydrogens is 304 g/mol. The third kappa shape index (κ3) is 7.50. The second-order valence-electron chi connectivity index (χ2n) is 7.06. The van der Waals surface area contributed by atoms with E-state index in [1.807, 2.05) is 0 Å². The van der Waals surface area contributed by atoms with Gasteiger partial charge in [0, 0.05) is 5.57 Å². The van der Waals surface area contributed by atoms with Crippen molar-refractivity contribution >= 4 is 11.9 Å². The van der Waals surface area contributed by atoms with E-state index in [2.05, 4.69) is 6.92 Å². The SMILES string of the molecule is CCCCCCCCCCC(C(=O)O)=C(C(=O)O)C1CCCCC1. The molecule has 0 radical (unpaired) electrons. The zero-order valence-electron chi connectivity index (χ0n) is 15.2. The number of aliphatic carboxylic acids is 2. The lowest BCUT2D eigenvalue weighted by Crippen LogP contribution is -2.21. The summed E-state index contributed by atoms with van der Waals surface area (Å²) in [7, 11) is 0. The number of rotatable bonds is 12.